The van der Waals surface area contributed by atoms with E-state index in [9.17, 15) is 14.7 Å². The lowest BCUT2D eigenvalue weighted by Gasteiger charge is -2.18. The molecule has 3 aromatic carbocycles. The van der Waals surface area contributed by atoms with E-state index in [0.717, 1.165) is 16.7 Å². The van der Waals surface area contributed by atoms with Gasteiger partial charge in [0.2, 0.25) is 5.91 Å². The normalized spacial score (nSPS) is 11.4. The van der Waals surface area contributed by atoms with Gasteiger partial charge in [0.25, 0.3) is 0 Å². The van der Waals surface area contributed by atoms with Crippen molar-refractivity contribution in [2.24, 2.45) is 0 Å². The highest BCUT2D eigenvalue weighted by atomic mass is 16.5. The molecule has 1 atom stereocenters. The SMILES string of the molecule is O=C(N[C@@H](CCc1ccccc1)C(=O)NCCc1ccc(O)cc1)OCc1ccccc1. The van der Waals surface area contributed by atoms with E-state index in [4.69, 9.17) is 4.74 Å². The Kier molecular flexibility index (Phi) is 8.69. The van der Waals surface area contributed by atoms with Crippen LogP contribution in [0.2, 0.25) is 0 Å². The van der Waals surface area contributed by atoms with Crippen LogP contribution in [0.25, 0.3) is 0 Å². The molecule has 0 fully saturated rings. The summed E-state index contributed by atoms with van der Waals surface area (Å²) in [5.74, 6) is -0.0478. The highest BCUT2D eigenvalue weighted by Crippen LogP contribution is 2.10. The van der Waals surface area contributed by atoms with Crippen LogP contribution in [-0.2, 0) is 29.0 Å². The van der Waals surface area contributed by atoms with Crippen molar-refractivity contribution in [1.29, 1.82) is 0 Å². The molecule has 0 unspecified atom stereocenters. The van der Waals surface area contributed by atoms with Crippen molar-refractivity contribution in [3.05, 3.63) is 102 Å². The van der Waals surface area contributed by atoms with E-state index < -0.39 is 12.1 Å². The fourth-order valence-electron chi connectivity index (χ4n) is 3.25. The van der Waals surface area contributed by atoms with Crippen LogP contribution in [0.4, 0.5) is 4.79 Å². The molecule has 0 saturated carbocycles. The average Bonchev–Trinajstić information content (AvgIpc) is 2.83. The Morgan fingerprint density at radius 3 is 2.03 bits per heavy atom. The van der Waals surface area contributed by atoms with Crippen molar-refractivity contribution in [3.63, 3.8) is 0 Å². The minimum Gasteiger partial charge on any atom is -0.508 e. The monoisotopic (exact) mass is 432 g/mol. The number of alkyl carbamates (subject to hydrolysis) is 1. The van der Waals surface area contributed by atoms with E-state index in [0.29, 0.717) is 25.8 Å². The molecule has 0 bridgehead atoms. The van der Waals surface area contributed by atoms with Gasteiger partial charge in [-0.1, -0.05) is 72.8 Å². The molecule has 2 amide bonds. The van der Waals surface area contributed by atoms with Gasteiger partial charge in [-0.15, -0.1) is 0 Å². The van der Waals surface area contributed by atoms with Gasteiger partial charge in [-0.05, 0) is 48.1 Å². The van der Waals surface area contributed by atoms with Gasteiger partial charge in [0.15, 0.2) is 0 Å². The molecule has 0 aliphatic heterocycles. The number of phenols is 1. The second-order valence-corrected chi connectivity index (χ2v) is 7.49. The van der Waals surface area contributed by atoms with Crippen LogP contribution >= 0.6 is 0 Å². The smallest absolute Gasteiger partial charge is 0.408 e. The molecule has 0 radical (unpaired) electrons. The first-order chi connectivity index (χ1) is 15.6. The number of nitrogens with one attached hydrogen (secondary N) is 2. The third-order valence-corrected chi connectivity index (χ3v) is 5.04. The maximum atomic E-state index is 12.8. The summed E-state index contributed by atoms with van der Waals surface area (Å²) in [6, 6.07) is 25.4. The Morgan fingerprint density at radius 2 is 1.38 bits per heavy atom. The van der Waals surface area contributed by atoms with Crippen LogP contribution < -0.4 is 10.6 Å². The summed E-state index contributed by atoms with van der Waals surface area (Å²) < 4.78 is 5.29. The minimum atomic E-state index is -0.710. The van der Waals surface area contributed by atoms with E-state index >= 15 is 0 Å². The molecule has 0 saturated heterocycles. The van der Waals surface area contributed by atoms with Crippen molar-refractivity contribution in [2.75, 3.05) is 6.54 Å². The number of carbonyl (C=O) groups is 2. The minimum absolute atomic E-state index is 0.139. The largest absolute Gasteiger partial charge is 0.508 e. The zero-order chi connectivity index (χ0) is 22.6. The molecule has 0 spiro atoms. The summed E-state index contributed by atoms with van der Waals surface area (Å²) in [5.41, 5.74) is 2.97. The van der Waals surface area contributed by atoms with Crippen LogP contribution in [0.3, 0.4) is 0 Å². The molecule has 0 heterocycles. The van der Waals surface area contributed by atoms with E-state index in [-0.39, 0.29) is 18.3 Å². The number of rotatable bonds is 10. The fourth-order valence-corrected chi connectivity index (χ4v) is 3.25. The zero-order valence-corrected chi connectivity index (χ0v) is 17.9. The van der Waals surface area contributed by atoms with Gasteiger partial charge in [-0.3, -0.25) is 4.79 Å². The number of aryl methyl sites for hydroxylation is 1. The Morgan fingerprint density at radius 1 is 0.781 bits per heavy atom. The van der Waals surface area contributed by atoms with Crippen LogP contribution in [0, 0.1) is 0 Å². The zero-order valence-electron chi connectivity index (χ0n) is 17.9. The maximum Gasteiger partial charge on any atom is 0.408 e. The van der Waals surface area contributed by atoms with Gasteiger partial charge >= 0.3 is 6.09 Å². The standard InChI is InChI=1S/C26H28N2O4/c29-23-14-11-21(12-15-23)17-18-27-25(30)24(16-13-20-7-3-1-4-8-20)28-26(31)32-19-22-9-5-2-6-10-22/h1-12,14-15,24,29H,13,16-19H2,(H,27,30)(H,28,31)/t24-/m0/s1. The molecule has 6 nitrogen and oxygen atoms in total. The summed E-state index contributed by atoms with van der Waals surface area (Å²) in [5, 5.41) is 15.0. The van der Waals surface area contributed by atoms with Gasteiger partial charge in [0, 0.05) is 6.54 Å². The third-order valence-electron chi connectivity index (χ3n) is 5.04. The summed E-state index contributed by atoms with van der Waals surface area (Å²) in [6.45, 7) is 0.562. The molecule has 0 aliphatic rings. The van der Waals surface area contributed by atoms with Crippen molar-refractivity contribution >= 4 is 12.0 Å². The lowest BCUT2D eigenvalue weighted by molar-refractivity contribution is -0.123. The van der Waals surface area contributed by atoms with Gasteiger partial charge in [-0.2, -0.15) is 0 Å². The first-order valence-electron chi connectivity index (χ1n) is 10.7. The quantitative estimate of drug-likeness (QED) is 0.452. The van der Waals surface area contributed by atoms with Gasteiger partial charge < -0.3 is 20.5 Å². The molecule has 32 heavy (non-hydrogen) atoms. The fraction of sp³-hybridized carbons (Fsp3) is 0.231. The topological polar surface area (TPSA) is 87.7 Å². The number of carbonyl (C=O) groups excluding carboxylic acids is 2. The molecular formula is C26H28N2O4. The third kappa shape index (κ3) is 7.80. The van der Waals surface area contributed by atoms with Crippen LogP contribution in [0.15, 0.2) is 84.9 Å². The number of ether oxygens (including phenoxy) is 1. The van der Waals surface area contributed by atoms with Crippen molar-refractivity contribution in [3.8, 4) is 5.75 Å². The second-order valence-electron chi connectivity index (χ2n) is 7.49. The average molecular weight is 433 g/mol. The summed E-state index contributed by atoms with van der Waals surface area (Å²) in [6.07, 6.45) is 1.10. The number of aromatic hydroxyl groups is 1. The van der Waals surface area contributed by atoms with Crippen LogP contribution in [0.5, 0.6) is 5.75 Å². The predicted molar refractivity (Wildman–Crippen MR) is 123 cm³/mol. The maximum absolute atomic E-state index is 12.8. The molecule has 3 rings (SSSR count). The first-order valence-corrected chi connectivity index (χ1v) is 10.7. The predicted octanol–water partition coefficient (Wildman–Crippen LogP) is 3.98. The first kappa shape index (κ1) is 22.9. The van der Waals surface area contributed by atoms with Gasteiger partial charge in [-0.25, -0.2) is 4.79 Å². The highest BCUT2D eigenvalue weighted by Gasteiger charge is 2.21. The van der Waals surface area contributed by atoms with E-state index in [1.165, 1.54) is 0 Å². The number of hydrogen-bond acceptors (Lipinski definition) is 4. The molecule has 166 valence electrons. The number of amides is 2. The highest BCUT2D eigenvalue weighted by molar-refractivity contribution is 5.85. The van der Waals surface area contributed by atoms with Crippen molar-refractivity contribution < 1.29 is 19.4 Å². The van der Waals surface area contributed by atoms with Crippen molar-refractivity contribution in [2.45, 2.75) is 31.9 Å². The van der Waals surface area contributed by atoms with E-state index in [1.807, 2.05) is 72.8 Å². The number of benzene rings is 3. The van der Waals surface area contributed by atoms with Gasteiger partial charge in [0.05, 0.1) is 0 Å². The Labute approximate surface area is 188 Å². The van der Waals surface area contributed by atoms with Crippen LogP contribution in [0.1, 0.15) is 23.1 Å². The molecular weight excluding hydrogens is 404 g/mol. The Balaban J connectivity index is 1.53. The Hall–Kier alpha value is -3.80. The molecule has 3 aromatic rings. The number of phenolic OH excluding ortho intramolecular Hbond substituents is 1. The lowest BCUT2D eigenvalue weighted by atomic mass is 10.0. The molecule has 3 N–H and O–H groups in total. The van der Waals surface area contributed by atoms with Crippen LogP contribution in [-0.4, -0.2) is 29.7 Å². The summed E-state index contributed by atoms with van der Waals surface area (Å²) >= 11 is 0. The molecule has 0 aromatic heterocycles. The second kappa shape index (κ2) is 12.2. The molecule has 0 aliphatic carbocycles. The number of hydrogen-bond donors (Lipinski definition) is 3. The summed E-state index contributed by atoms with van der Waals surface area (Å²) in [4.78, 5) is 25.1. The lowest BCUT2D eigenvalue weighted by Crippen LogP contribution is -2.47. The summed E-state index contributed by atoms with van der Waals surface area (Å²) in [7, 11) is 0. The Bertz CT molecular complexity index is 976. The van der Waals surface area contributed by atoms with Gasteiger partial charge in [0.1, 0.15) is 18.4 Å². The van der Waals surface area contributed by atoms with E-state index in [1.54, 1.807) is 12.1 Å². The molecule has 6 heteroatoms. The van der Waals surface area contributed by atoms with E-state index in [2.05, 4.69) is 10.6 Å². The van der Waals surface area contributed by atoms with Crippen molar-refractivity contribution in [1.82, 2.24) is 10.6 Å².